The van der Waals surface area contributed by atoms with Gasteiger partial charge in [0.05, 0.1) is 13.5 Å². The van der Waals surface area contributed by atoms with Crippen LogP contribution in [0.3, 0.4) is 0 Å². The van der Waals surface area contributed by atoms with Crippen LogP contribution in [0.1, 0.15) is 44.2 Å². The monoisotopic (exact) mass is 293 g/mol. The number of methoxy groups -OCH3 is 1. The molecule has 1 aliphatic heterocycles. The molecule has 0 spiro atoms. The zero-order valence-electron chi connectivity index (χ0n) is 12.6. The minimum Gasteiger partial charge on any atom is -0.504 e. The Labute approximate surface area is 125 Å². The minimum absolute atomic E-state index is 0.0750. The number of ether oxygens (including phenoxy) is 1. The molecule has 0 aliphatic carbocycles. The summed E-state index contributed by atoms with van der Waals surface area (Å²) in [6.07, 6.45) is 3.28. The van der Waals surface area contributed by atoms with Crippen molar-refractivity contribution in [3.8, 4) is 11.5 Å². The molecule has 116 valence electrons. The highest BCUT2D eigenvalue weighted by Crippen LogP contribution is 2.34. The fourth-order valence-electron chi connectivity index (χ4n) is 3.10. The summed E-state index contributed by atoms with van der Waals surface area (Å²) in [5.41, 5.74) is 1.03. The Morgan fingerprint density at radius 2 is 2.24 bits per heavy atom. The Morgan fingerprint density at radius 1 is 1.48 bits per heavy atom. The SMILES string of the molecule is COc1cc(C(C)N2CCCCC2CC(=O)O)ccc1O. The van der Waals surface area contributed by atoms with Crippen molar-refractivity contribution in [2.24, 2.45) is 0 Å². The second-order valence-corrected chi connectivity index (χ2v) is 5.59. The third kappa shape index (κ3) is 3.67. The Hall–Kier alpha value is -1.75. The van der Waals surface area contributed by atoms with E-state index in [0.717, 1.165) is 31.4 Å². The van der Waals surface area contributed by atoms with Crippen LogP contribution in [-0.2, 0) is 4.79 Å². The van der Waals surface area contributed by atoms with E-state index in [-0.39, 0.29) is 24.3 Å². The number of benzene rings is 1. The lowest BCUT2D eigenvalue weighted by atomic mass is 9.95. The maximum absolute atomic E-state index is 11.0. The van der Waals surface area contributed by atoms with Crippen molar-refractivity contribution in [2.75, 3.05) is 13.7 Å². The molecule has 21 heavy (non-hydrogen) atoms. The van der Waals surface area contributed by atoms with Crippen LogP contribution in [0.25, 0.3) is 0 Å². The predicted octanol–water partition coefficient (Wildman–Crippen LogP) is 2.79. The highest BCUT2D eigenvalue weighted by molar-refractivity contribution is 5.67. The Bertz CT molecular complexity index is 503. The van der Waals surface area contributed by atoms with E-state index in [4.69, 9.17) is 9.84 Å². The summed E-state index contributed by atoms with van der Waals surface area (Å²) < 4.78 is 5.15. The molecule has 2 rings (SSSR count). The van der Waals surface area contributed by atoms with Gasteiger partial charge in [-0.15, -0.1) is 0 Å². The Balaban J connectivity index is 2.19. The molecule has 2 N–H and O–H groups in total. The van der Waals surface area contributed by atoms with Gasteiger partial charge >= 0.3 is 5.97 Å². The minimum atomic E-state index is -0.748. The van der Waals surface area contributed by atoms with Crippen LogP contribution in [0.4, 0.5) is 0 Å². The first-order valence-electron chi connectivity index (χ1n) is 7.37. The lowest BCUT2D eigenvalue weighted by Gasteiger charge is -2.39. The maximum Gasteiger partial charge on any atom is 0.304 e. The topological polar surface area (TPSA) is 70.0 Å². The van der Waals surface area contributed by atoms with E-state index in [2.05, 4.69) is 11.8 Å². The van der Waals surface area contributed by atoms with Gasteiger partial charge in [0, 0.05) is 12.1 Å². The number of phenols is 1. The van der Waals surface area contributed by atoms with Crippen LogP contribution in [-0.4, -0.2) is 40.8 Å². The number of likely N-dealkylation sites (tertiary alicyclic amines) is 1. The van der Waals surface area contributed by atoms with Crippen LogP contribution < -0.4 is 4.74 Å². The fraction of sp³-hybridized carbons (Fsp3) is 0.562. The number of nitrogens with zero attached hydrogens (tertiary/aromatic N) is 1. The number of aliphatic carboxylic acids is 1. The van der Waals surface area contributed by atoms with Gasteiger partial charge in [-0.1, -0.05) is 12.5 Å². The van der Waals surface area contributed by atoms with E-state index in [1.54, 1.807) is 6.07 Å². The molecular weight excluding hydrogens is 270 g/mol. The van der Waals surface area contributed by atoms with Gasteiger partial charge in [0.1, 0.15) is 0 Å². The lowest BCUT2D eigenvalue weighted by molar-refractivity contribution is -0.139. The van der Waals surface area contributed by atoms with Crippen molar-refractivity contribution in [1.82, 2.24) is 4.90 Å². The van der Waals surface area contributed by atoms with Crippen molar-refractivity contribution in [1.29, 1.82) is 0 Å². The van der Waals surface area contributed by atoms with Gasteiger partial charge in [-0.2, -0.15) is 0 Å². The molecule has 0 aromatic heterocycles. The molecule has 1 heterocycles. The number of carboxylic acid groups (broad SMARTS) is 1. The van der Waals surface area contributed by atoms with Crippen LogP contribution in [0.5, 0.6) is 11.5 Å². The third-order valence-electron chi connectivity index (χ3n) is 4.27. The molecule has 0 radical (unpaired) electrons. The van der Waals surface area contributed by atoms with Crippen LogP contribution in [0.15, 0.2) is 18.2 Å². The van der Waals surface area contributed by atoms with Crippen LogP contribution in [0, 0.1) is 0 Å². The van der Waals surface area contributed by atoms with Crippen molar-refractivity contribution in [3.05, 3.63) is 23.8 Å². The zero-order chi connectivity index (χ0) is 15.4. The second-order valence-electron chi connectivity index (χ2n) is 5.59. The highest BCUT2D eigenvalue weighted by Gasteiger charge is 2.29. The molecule has 1 aromatic rings. The number of hydrogen-bond acceptors (Lipinski definition) is 4. The van der Waals surface area contributed by atoms with Gasteiger partial charge in [0.2, 0.25) is 0 Å². The Morgan fingerprint density at radius 3 is 2.90 bits per heavy atom. The third-order valence-corrected chi connectivity index (χ3v) is 4.27. The van der Waals surface area contributed by atoms with Gasteiger partial charge in [-0.05, 0) is 44.0 Å². The number of rotatable bonds is 5. The van der Waals surface area contributed by atoms with E-state index in [1.807, 2.05) is 12.1 Å². The number of carboxylic acids is 1. The van der Waals surface area contributed by atoms with Gasteiger partial charge < -0.3 is 14.9 Å². The van der Waals surface area contributed by atoms with E-state index in [9.17, 15) is 9.90 Å². The van der Waals surface area contributed by atoms with E-state index < -0.39 is 5.97 Å². The predicted molar refractivity (Wildman–Crippen MR) is 79.7 cm³/mol. The quantitative estimate of drug-likeness (QED) is 0.873. The molecule has 5 heteroatoms. The number of hydrogen-bond donors (Lipinski definition) is 2. The van der Waals surface area contributed by atoms with Crippen LogP contribution in [0.2, 0.25) is 0 Å². The van der Waals surface area contributed by atoms with Gasteiger partial charge in [-0.3, -0.25) is 9.69 Å². The van der Waals surface area contributed by atoms with Gasteiger partial charge in [0.15, 0.2) is 11.5 Å². The summed E-state index contributed by atoms with van der Waals surface area (Å²) in [7, 11) is 1.53. The van der Waals surface area contributed by atoms with E-state index in [1.165, 1.54) is 7.11 Å². The van der Waals surface area contributed by atoms with Gasteiger partial charge in [0.25, 0.3) is 0 Å². The summed E-state index contributed by atoms with van der Waals surface area (Å²) in [4.78, 5) is 13.3. The molecule has 1 fully saturated rings. The number of phenolic OH excluding ortho intramolecular Hbond substituents is 1. The average molecular weight is 293 g/mol. The molecule has 1 aliphatic rings. The molecule has 0 bridgehead atoms. The van der Waals surface area contributed by atoms with Crippen molar-refractivity contribution >= 4 is 5.97 Å². The van der Waals surface area contributed by atoms with Crippen LogP contribution >= 0.6 is 0 Å². The second kappa shape index (κ2) is 6.80. The smallest absolute Gasteiger partial charge is 0.304 e. The summed E-state index contributed by atoms with van der Waals surface area (Å²) in [6, 6.07) is 5.50. The molecule has 0 saturated carbocycles. The molecule has 2 unspecified atom stereocenters. The number of aromatic hydroxyl groups is 1. The van der Waals surface area contributed by atoms with Crippen molar-refractivity contribution in [3.63, 3.8) is 0 Å². The molecular formula is C16H23NO4. The fourth-order valence-corrected chi connectivity index (χ4v) is 3.10. The van der Waals surface area contributed by atoms with E-state index in [0.29, 0.717) is 5.75 Å². The van der Waals surface area contributed by atoms with Crippen molar-refractivity contribution < 1.29 is 19.7 Å². The zero-order valence-corrected chi connectivity index (χ0v) is 12.6. The standard InChI is InChI=1S/C16H23NO4/c1-11(12-6-7-14(18)15(9-12)21-2)17-8-4-3-5-13(17)10-16(19)20/h6-7,9,11,13,18H,3-5,8,10H2,1-2H3,(H,19,20). The number of carbonyl (C=O) groups is 1. The van der Waals surface area contributed by atoms with E-state index >= 15 is 0 Å². The summed E-state index contributed by atoms with van der Waals surface area (Å²) >= 11 is 0. The average Bonchev–Trinajstić information content (AvgIpc) is 2.47. The first-order chi connectivity index (χ1) is 10.0. The molecule has 5 nitrogen and oxygen atoms in total. The highest BCUT2D eigenvalue weighted by atomic mass is 16.5. The first-order valence-corrected chi connectivity index (χ1v) is 7.37. The molecule has 2 atom stereocenters. The summed E-state index contributed by atoms with van der Waals surface area (Å²) in [5.74, 6) is -0.178. The Kier molecular flexibility index (Phi) is 5.07. The molecule has 1 saturated heterocycles. The maximum atomic E-state index is 11.0. The summed E-state index contributed by atoms with van der Waals surface area (Å²) in [5, 5.41) is 18.8. The molecule has 1 aromatic carbocycles. The van der Waals surface area contributed by atoms with Crippen molar-refractivity contribution in [2.45, 2.75) is 44.7 Å². The normalized spacial score (nSPS) is 21.0. The van der Waals surface area contributed by atoms with Gasteiger partial charge in [-0.25, -0.2) is 0 Å². The largest absolute Gasteiger partial charge is 0.504 e. The number of piperidine rings is 1. The first kappa shape index (κ1) is 15.6. The lowest BCUT2D eigenvalue weighted by Crippen LogP contribution is -2.42. The molecule has 0 amide bonds. The summed E-state index contributed by atoms with van der Waals surface area (Å²) in [6.45, 7) is 2.98.